The molecule has 0 saturated carbocycles. The van der Waals surface area contributed by atoms with Crippen molar-refractivity contribution >= 4 is 22.3 Å². The molecule has 7 heteroatoms. The van der Waals surface area contributed by atoms with Gasteiger partial charge in [0.1, 0.15) is 11.8 Å². The van der Waals surface area contributed by atoms with Crippen LogP contribution in [0.1, 0.15) is 5.69 Å². The first-order valence-electron chi connectivity index (χ1n) is 6.26. The number of hydrogen-bond acceptors (Lipinski definition) is 6. The fourth-order valence-electron chi connectivity index (χ4n) is 2.07. The van der Waals surface area contributed by atoms with E-state index in [0.29, 0.717) is 17.4 Å². The number of benzene rings is 1. The highest BCUT2D eigenvalue weighted by Gasteiger charge is 2.14. The number of nitro groups is 1. The molecule has 1 aromatic carbocycles. The molecule has 0 fully saturated rings. The molecule has 104 valence electrons. The van der Waals surface area contributed by atoms with Gasteiger partial charge in [-0.05, 0) is 24.3 Å². The van der Waals surface area contributed by atoms with E-state index in [-0.39, 0.29) is 5.69 Å². The molecule has 2 aromatic heterocycles. The summed E-state index contributed by atoms with van der Waals surface area (Å²) in [7, 11) is 0. The molecule has 0 aliphatic rings. The van der Waals surface area contributed by atoms with Crippen molar-refractivity contribution < 1.29 is 4.92 Å². The maximum Gasteiger partial charge on any atom is 0.278 e. The fourth-order valence-corrected chi connectivity index (χ4v) is 2.07. The number of rotatable bonds is 4. The van der Waals surface area contributed by atoms with Gasteiger partial charge in [-0.15, -0.1) is 0 Å². The minimum Gasteiger partial charge on any atom is -0.378 e. The van der Waals surface area contributed by atoms with E-state index < -0.39 is 4.92 Å². The normalized spacial score (nSPS) is 10.5. The molecular weight excluding hydrogens is 270 g/mol. The lowest BCUT2D eigenvalue weighted by atomic mass is 10.1. The first-order valence-corrected chi connectivity index (χ1v) is 6.26. The van der Waals surface area contributed by atoms with Crippen LogP contribution >= 0.6 is 0 Å². The zero-order valence-corrected chi connectivity index (χ0v) is 10.9. The van der Waals surface area contributed by atoms with E-state index in [2.05, 4.69) is 20.3 Å². The number of aromatic nitrogens is 3. The molecule has 0 bridgehead atoms. The van der Waals surface area contributed by atoms with E-state index in [4.69, 9.17) is 0 Å². The van der Waals surface area contributed by atoms with Crippen LogP contribution in [0.3, 0.4) is 0 Å². The Bertz CT molecular complexity index is 792. The quantitative estimate of drug-likeness (QED) is 0.583. The summed E-state index contributed by atoms with van der Waals surface area (Å²) in [6, 6.07) is 8.31. The maximum absolute atomic E-state index is 11.0. The molecule has 1 N–H and O–H groups in total. The zero-order chi connectivity index (χ0) is 14.7. The standard InChI is InChI=1S/C14H11N5O2/c20-19(21)13-4-3-12(14-11(13)2-1-6-16-14)17-8-10-5-7-15-9-18-10/h1-7,9,17H,8H2. The molecule has 0 amide bonds. The van der Waals surface area contributed by atoms with Crippen LogP contribution in [-0.2, 0) is 6.54 Å². The van der Waals surface area contributed by atoms with Crippen molar-refractivity contribution in [2.45, 2.75) is 6.54 Å². The second-order valence-corrected chi connectivity index (χ2v) is 4.34. The third-order valence-corrected chi connectivity index (χ3v) is 3.05. The molecule has 0 atom stereocenters. The summed E-state index contributed by atoms with van der Waals surface area (Å²) in [4.78, 5) is 22.9. The summed E-state index contributed by atoms with van der Waals surface area (Å²) in [5.41, 5.74) is 2.17. The number of pyridine rings is 1. The second kappa shape index (κ2) is 5.49. The van der Waals surface area contributed by atoms with Gasteiger partial charge in [0.05, 0.1) is 28.2 Å². The molecule has 21 heavy (non-hydrogen) atoms. The van der Waals surface area contributed by atoms with Crippen molar-refractivity contribution in [1.29, 1.82) is 0 Å². The highest BCUT2D eigenvalue weighted by molar-refractivity contribution is 5.96. The van der Waals surface area contributed by atoms with E-state index in [1.54, 1.807) is 36.7 Å². The smallest absolute Gasteiger partial charge is 0.278 e. The van der Waals surface area contributed by atoms with Gasteiger partial charge in [0.15, 0.2) is 0 Å². The Kier molecular flexibility index (Phi) is 3.38. The minimum absolute atomic E-state index is 0.0469. The molecule has 0 spiro atoms. The highest BCUT2D eigenvalue weighted by Crippen LogP contribution is 2.29. The van der Waals surface area contributed by atoms with Crippen molar-refractivity contribution in [3.8, 4) is 0 Å². The van der Waals surface area contributed by atoms with Gasteiger partial charge in [-0.2, -0.15) is 0 Å². The summed E-state index contributed by atoms with van der Waals surface area (Å²) in [5.74, 6) is 0. The lowest BCUT2D eigenvalue weighted by Gasteiger charge is -2.08. The summed E-state index contributed by atoms with van der Waals surface area (Å²) < 4.78 is 0. The van der Waals surface area contributed by atoms with Gasteiger partial charge in [0, 0.05) is 18.5 Å². The number of non-ortho nitro benzene ring substituents is 1. The fraction of sp³-hybridized carbons (Fsp3) is 0.0714. The summed E-state index contributed by atoms with van der Waals surface area (Å²) in [5, 5.41) is 14.8. The minimum atomic E-state index is -0.405. The van der Waals surface area contributed by atoms with Crippen LogP contribution in [0.4, 0.5) is 11.4 Å². The molecule has 0 aliphatic heterocycles. The Labute approximate surface area is 119 Å². The van der Waals surface area contributed by atoms with Gasteiger partial charge >= 0.3 is 0 Å². The van der Waals surface area contributed by atoms with Crippen molar-refractivity contribution in [3.05, 3.63) is 64.9 Å². The first-order chi connectivity index (χ1) is 10.3. The molecule has 0 unspecified atom stereocenters. The predicted octanol–water partition coefficient (Wildman–Crippen LogP) is 2.55. The van der Waals surface area contributed by atoms with E-state index >= 15 is 0 Å². The predicted molar refractivity (Wildman–Crippen MR) is 77.8 cm³/mol. The largest absolute Gasteiger partial charge is 0.378 e. The van der Waals surface area contributed by atoms with E-state index in [1.807, 2.05) is 0 Å². The summed E-state index contributed by atoms with van der Waals surface area (Å²) in [6.07, 6.45) is 4.75. The SMILES string of the molecule is O=[N+]([O-])c1ccc(NCc2ccncn2)c2ncccc12. The van der Waals surface area contributed by atoms with E-state index in [0.717, 1.165) is 11.4 Å². The molecule has 0 radical (unpaired) electrons. The molecule has 3 rings (SSSR count). The molecule has 2 heterocycles. The maximum atomic E-state index is 11.0. The Morgan fingerprint density at radius 1 is 1.14 bits per heavy atom. The van der Waals surface area contributed by atoms with Crippen LogP contribution in [0.5, 0.6) is 0 Å². The number of fused-ring (bicyclic) bond motifs is 1. The Morgan fingerprint density at radius 2 is 2.05 bits per heavy atom. The van der Waals surface area contributed by atoms with Crippen LogP contribution in [0.2, 0.25) is 0 Å². The highest BCUT2D eigenvalue weighted by atomic mass is 16.6. The average molecular weight is 281 g/mol. The number of nitro benzene ring substituents is 1. The number of hydrogen-bond donors (Lipinski definition) is 1. The number of anilines is 1. The second-order valence-electron chi connectivity index (χ2n) is 4.34. The van der Waals surface area contributed by atoms with Crippen LogP contribution in [-0.4, -0.2) is 19.9 Å². The van der Waals surface area contributed by atoms with E-state index in [9.17, 15) is 10.1 Å². The first kappa shape index (κ1) is 12.9. The molecule has 0 aliphatic carbocycles. The Morgan fingerprint density at radius 3 is 2.81 bits per heavy atom. The molecule has 0 saturated heterocycles. The van der Waals surface area contributed by atoms with Crippen molar-refractivity contribution in [2.24, 2.45) is 0 Å². The van der Waals surface area contributed by atoms with Crippen LogP contribution in [0.25, 0.3) is 10.9 Å². The van der Waals surface area contributed by atoms with E-state index in [1.165, 1.54) is 12.4 Å². The average Bonchev–Trinajstić information content (AvgIpc) is 2.53. The van der Waals surface area contributed by atoms with Gasteiger partial charge in [-0.3, -0.25) is 15.1 Å². The third-order valence-electron chi connectivity index (χ3n) is 3.05. The number of nitrogens with one attached hydrogen (secondary N) is 1. The van der Waals surface area contributed by atoms with Gasteiger partial charge in [0.2, 0.25) is 0 Å². The van der Waals surface area contributed by atoms with Crippen molar-refractivity contribution in [2.75, 3.05) is 5.32 Å². The topological polar surface area (TPSA) is 93.8 Å². The molecule has 3 aromatic rings. The van der Waals surface area contributed by atoms with Crippen LogP contribution in [0.15, 0.2) is 49.1 Å². The number of nitrogens with zero attached hydrogens (tertiary/aromatic N) is 4. The van der Waals surface area contributed by atoms with Gasteiger partial charge < -0.3 is 5.32 Å². The summed E-state index contributed by atoms with van der Waals surface area (Å²) in [6.45, 7) is 0.492. The van der Waals surface area contributed by atoms with Crippen molar-refractivity contribution in [3.63, 3.8) is 0 Å². The lowest BCUT2D eigenvalue weighted by molar-refractivity contribution is -0.383. The third kappa shape index (κ3) is 2.62. The monoisotopic (exact) mass is 281 g/mol. The summed E-state index contributed by atoms with van der Waals surface area (Å²) >= 11 is 0. The van der Waals surface area contributed by atoms with Gasteiger partial charge in [0.25, 0.3) is 5.69 Å². The van der Waals surface area contributed by atoms with Crippen molar-refractivity contribution in [1.82, 2.24) is 15.0 Å². The van der Waals surface area contributed by atoms with Crippen LogP contribution < -0.4 is 5.32 Å². The molecular formula is C14H11N5O2. The van der Waals surface area contributed by atoms with Gasteiger partial charge in [-0.25, -0.2) is 9.97 Å². The Balaban J connectivity index is 1.96. The van der Waals surface area contributed by atoms with Gasteiger partial charge in [-0.1, -0.05) is 0 Å². The lowest BCUT2D eigenvalue weighted by Crippen LogP contribution is -2.03. The Hall–Kier alpha value is -3.09. The van der Waals surface area contributed by atoms with Crippen LogP contribution in [0, 0.1) is 10.1 Å². The molecule has 7 nitrogen and oxygen atoms in total. The zero-order valence-electron chi connectivity index (χ0n) is 10.9.